The van der Waals surface area contributed by atoms with Crippen LogP contribution in [0.15, 0.2) is 36.8 Å². The second-order valence-corrected chi connectivity index (χ2v) is 3.79. The van der Waals surface area contributed by atoms with Crippen molar-refractivity contribution in [2.24, 2.45) is 5.73 Å². The van der Waals surface area contributed by atoms with Gasteiger partial charge >= 0.3 is 0 Å². The lowest BCUT2D eigenvalue weighted by Gasteiger charge is -2.03. The summed E-state index contributed by atoms with van der Waals surface area (Å²) >= 11 is 6.02. The fourth-order valence-electron chi connectivity index (χ4n) is 1.40. The monoisotopic (exact) mass is 235 g/mol. The molecule has 4 nitrogen and oxygen atoms in total. The van der Waals surface area contributed by atoms with Gasteiger partial charge in [-0.3, -0.25) is 4.79 Å². The first-order valence-electron chi connectivity index (χ1n) is 4.72. The predicted molar refractivity (Wildman–Crippen MR) is 61.3 cm³/mol. The van der Waals surface area contributed by atoms with Crippen LogP contribution in [0.3, 0.4) is 0 Å². The lowest BCUT2D eigenvalue weighted by molar-refractivity contribution is 0.0996. The van der Waals surface area contributed by atoms with E-state index in [4.69, 9.17) is 17.3 Å². The normalized spacial score (nSPS) is 10.3. The summed E-state index contributed by atoms with van der Waals surface area (Å²) in [5.41, 5.74) is 6.34. The van der Waals surface area contributed by atoms with Crippen molar-refractivity contribution in [1.29, 1.82) is 0 Å². The van der Waals surface area contributed by atoms with Gasteiger partial charge in [0.2, 0.25) is 0 Å². The van der Waals surface area contributed by atoms with Crippen LogP contribution < -0.4 is 5.73 Å². The number of hydrogen-bond donors (Lipinski definition) is 1. The quantitative estimate of drug-likeness (QED) is 0.880. The van der Waals surface area contributed by atoms with Crippen LogP contribution in [-0.2, 0) is 6.54 Å². The van der Waals surface area contributed by atoms with E-state index in [1.54, 1.807) is 17.1 Å². The van der Waals surface area contributed by atoms with Crippen LogP contribution in [0.1, 0.15) is 16.1 Å². The van der Waals surface area contributed by atoms with Crippen molar-refractivity contribution in [2.75, 3.05) is 0 Å². The topological polar surface area (TPSA) is 60.9 Å². The Morgan fingerprint density at radius 1 is 1.44 bits per heavy atom. The van der Waals surface area contributed by atoms with E-state index >= 15 is 0 Å². The molecular formula is C11H10ClN3O. The van der Waals surface area contributed by atoms with Gasteiger partial charge in [0.05, 0.1) is 6.33 Å². The first-order valence-corrected chi connectivity index (χ1v) is 5.09. The van der Waals surface area contributed by atoms with Crippen LogP contribution in [0.5, 0.6) is 0 Å². The highest BCUT2D eigenvalue weighted by atomic mass is 35.5. The Kier molecular flexibility index (Phi) is 2.92. The zero-order valence-electron chi connectivity index (χ0n) is 8.43. The molecule has 2 rings (SSSR count). The summed E-state index contributed by atoms with van der Waals surface area (Å²) in [5, 5.41) is 0.692. The first kappa shape index (κ1) is 10.7. The van der Waals surface area contributed by atoms with Gasteiger partial charge in [-0.05, 0) is 11.6 Å². The average molecular weight is 236 g/mol. The van der Waals surface area contributed by atoms with E-state index < -0.39 is 5.91 Å². The Hall–Kier alpha value is -1.81. The highest BCUT2D eigenvalue weighted by Gasteiger charge is 2.05. The lowest BCUT2D eigenvalue weighted by Crippen LogP contribution is -2.11. The molecule has 0 saturated carbocycles. The van der Waals surface area contributed by atoms with Crippen LogP contribution in [0, 0.1) is 0 Å². The minimum Gasteiger partial charge on any atom is -0.364 e. The van der Waals surface area contributed by atoms with Gasteiger partial charge in [-0.25, -0.2) is 4.98 Å². The number of benzene rings is 1. The van der Waals surface area contributed by atoms with Crippen LogP contribution >= 0.6 is 11.6 Å². The molecule has 16 heavy (non-hydrogen) atoms. The third kappa shape index (κ3) is 2.23. The van der Waals surface area contributed by atoms with Gasteiger partial charge in [0.1, 0.15) is 5.69 Å². The lowest BCUT2D eigenvalue weighted by atomic mass is 10.2. The summed E-state index contributed by atoms with van der Waals surface area (Å²) < 4.78 is 1.77. The van der Waals surface area contributed by atoms with Gasteiger partial charge in [-0.2, -0.15) is 0 Å². The van der Waals surface area contributed by atoms with E-state index in [2.05, 4.69) is 4.98 Å². The van der Waals surface area contributed by atoms with E-state index in [9.17, 15) is 4.79 Å². The number of aromatic nitrogens is 2. The molecule has 0 aliphatic carbocycles. The third-order valence-electron chi connectivity index (χ3n) is 2.20. The van der Waals surface area contributed by atoms with Crippen LogP contribution in [0.25, 0.3) is 0 Å². The molecule has 5 heteroatoms. The SMILES string of the molecule is NC(=O)c1cn(Cc2ccccc2Cl)cn1. The number of carbonyl (C=O) groups is 1. The molecule has 1 aromatic heterocycles. The van der Waals surface area contributed by atoms with Crippen molar-refractivity contribution in [3.63, 3.8) is 0 Å². The molecule has 2 aromatic rings. The van der Waals surface area contributed by atoms with Crippen molar-refractivity contribution in [1.82, 2.24) is 9.55 Å². The van der Waals surface area contributed by atoms with Gasteiger partial charge in [0.15, 0.2) is 0 Å². The molecule has 0 fully saturated rings. The molecule has 1 aromatic carbocycles. The number of carbonyl (C=O) groups excluding carboxylic acids is 1. The minimum atomic E-state index is -0.530. The van der Waals surface area contributed by atoms with Crippen LogP contribution in [0.4, 0.5) is 0 Å². The summed E-state index contributed by atoms with van der Waals surface area (Å²) in [4.78, 5) is 14.7. The molecule has 1 amide bonds. The van der Waals surface area contributed by atoms with E-state index in [1.165, 1.54) is 0 Å². The molecule has 0 aliphatic rings. The second-order valence-electron chi connectivity index (χ2n) is 3.39. The minimum absolute atomic E-state index is 0.257. The van der Waals surface area contributed by atoms with Crippen LogP contribution in [0.2, 0.25) is 5.02 Å². The summed E-state index contributed by atoms with van der Waals surface area (Å²) in [6, 6.07) is 7.52. The van der Waals surface area contributed by atoms with Gasteiger partial charge in [0, 0.05) is 17.8 Å². The van der Waals surface area contributed by atoms with Crippen molar-refractivity contribution in [2.45, 2.75) is 6.54 Å². The van der Waals surface area contributed by atoms with Crippen LogP contribution in [-0.4, -0.2) is 15.5 Å². The highest BCUT2D eigenvalue weighted by Crippen LogP contribution is 2.16. The Bertz CT molecular complexity index is 521. The maximum atomic E-state index is 10.9. The number of imidazole rings is 1. The number of hydrogen-bond acceptors (Lipinski definition) is 2. The molecule has 0 radical (unpaired) electrons. The summed E-state index contributed by atoms with van der Waals surface area (Å²) in [5.74, 6) is -0.530. The van der Waals surface area contributed by atoms with Gasteiger partial charge in [0.25, 0.3) is 5.91 Å². The Morgan fingerprint density at radius 3 is 2.81 bits per heavy atom. The van der Waals surface area contributed by atoms with Crippen molar-refractivity contribution in [3.8, 4) is 0 Å². The summed E-state index contributed by atoms with van der Waals surface area (Å²) in [6.07, 6.45) is 3.16. The molecule has 0 saturated heterocycles. The van der Waals surface area contributed by atoms with Crippen molar-refractivity contribution in [3.05, 3.63) is 53.1 Å². The fourth-order valence-corrected chi connectivity index (χ4v) is 1.59. The van der Waals surface area contributed by atoms with Gasteiger partial charge in [-0.15, -0.1) is 0 Å². The molecule has 0 aliphatic heterocycles. The maximum absolute atomic E-state index is 10.9. The molecule has 2 N–H and O–H groups in total. The van der Waals surface area contributed by atoms with E-state index in [1.807, 2.05) is 24.3 Å². The number of primary amides is 1. The zero-order chi connectivity index (χ0) is 11.5. The van der Waals surface area contributed by atoms with E-state index in [0.29, 0.717) is 11.6 Å². The summed E-state index contributed by atoms with van der Waals surface area (Å²) in [6.45, 7) is 0.569. The Balaban J connectivity index is 2.21. The first-order chi connectivity index (χ1) is 7.66. The Labute approximate surface area is 97.7 Å². The number of rotatable bonds is 3. The largest absolute Gasteiger partial charge is 0.364 e. The molecule has 0 spiro atoms. The van der Waals surface area contributed by atoms with E-state index in [0.717, 1.165) is 5.56 Å². The molecule has 0 unspecified atom stereocenters. The maximum Gasteiger partial charge on any atom is 0.268 e. The molecule has 1 heterocycles. The smallest absolute Gasteiger partial charge is 0.268 e. The fraction of sp³-hybridized carbons (Fsp3) is 0.0909. The van der Waals surface area contributed by atoms with E-state index in [-0.39, 0.29) is 5.69 Å². The standard InChI is InChI=1S/C11H10ClN3O/c12-9-4-2-1-3-8(9)5-15-6-10(11(13)16)14-7-15/h1-4,6-7H,5H2,(H2,13,16). The summed E-state index contributed by atoms with van der Waals surface area (Å²) in [7, 11) is 0. The number of nitrogens with zero attached hydrogens (tertiary/aromatic N) is 2. The number of nitrogens with two attached hydrogens (primary N) is 1. The molecule has 82 valence electrons. The average Bonchev–Trinajstić information content (AvgIpc) is 2.70. The van der Waals surface area contributed by atoms with Gasteiger partial charge in [-0.1, -0.05) is 29.8 Å². The van der Waals surface area contributed by atoms with Gasteiger partial charge < -0.3 is 10.3 Å². The number of amides is 1. The molecular weight excluding hydrogens is 226 g/mol. The zero-order valence-corrected chi connectivity index (χ0v) is 9.19. The second kappa shape index (κ2) is 4.37. The molecule has 0 atom stereocenters. The van der Waals surface area contributed by atoms with Crippen molar-refractivity contribution >= 4 is 17.5 Å². The van der Waals surface area contributed by atoms with Crippen molar-refractivity contribution < 1.29 is 4.79 Å². The predicted octanol–water partition coefficient (Wildman–Crippen LogP) is 1.68. The third-order valence-corrected chi connectivity index (χ3v) is 2.57. The number of halogens is 1. The Morgan fingerprint density at radius 2 is 2.19 bits per heavy atom. The highest BCUT2D eigenvalue weighted by molar-refractivity contribution is 6.31. The molecule has 0 bridgehead atoms.